The Kier molecular flexibility index (Phi) is 15.2. The van der Waals surface area contributed by atoms with Gasteiger partial charge in [0.25, 0.3) is 0 Å². The van der Waals surface area contributed by atoms with Crippen LogP contribution in [0, 0.1) is 29.9 Å². The van der Waals surface area contributed by atoms with Crippen LogP contribution in [0.4, 0.5) is 0 Å². The van der Waals surface area contributed by atoms with E-state index in [4.69, 9.17) is 26.9 Å². The molecule has 0 radical (unpaired) electrons. The molecule has 2 heterocycles. The van der Waals surface area contributed by atoms with Gasteiger partial charge in [-0.25, -0.2) is 0 Å². The first-order valence-electron chi connectivity index (χ1n) is 4.72. The molecule has 14 heavy (non-hydrogen) atoms. The van der Waals surface area contributed by atoms with Crippen LogP contribution in [0.5, 0.6) is 0 Å². The maximum atomic E-state index is 5.02. The number of halogens is 3. The second-order valence-corrected chi connectivity index (χ2v) is 16.9. The third kappa shape index (κ3) is 16.6. The fourth-order valence-electron chi connectivity index (χ4n) is 1.02. The van der Waals surface area contributed by atoms with Crippen LogP contribution in [0.2, 0.25) is 0 Å². The molecule has 0 amide bonds. The summed E-state index contributed by atoms with van der Waals surface area (Å²) < 4.78 is 9.89. The van der Waals surface area contributed by atoms with Gasteiger partial charge in [0.05, 0.1) is 0 Å². The molecule has 2 aliphatic heterocycles. The number of ether oxygens (including phenoxy) is 2. The van der Waals surface area contributed by atoms with E-state index in [1.807, 2.05) is 0 Å². The van der Waals surface area contributed by atoms with Gasteiger partial charge in [0.1, 0.15) is 0 Å². The molecule has 0 aromatic heterocycles. The second kappa shape index (κ2) is 13.2. The quantitative estimate of drug-likeness (QED) is 0.624. The van der Waals surface area contributed by atoms with Crippen molar-refractivity contribution in [2.75, 3.05) is 26.4 Å². The third-order valence-corrected chi connectivity index (χ3v) is 1.65. The van der Waals surface area contributed by atoms with E-state index < -0.39 is 29.9 Å². The summed E-state index contributed by atoms with van der Waals surface area (Å²) in [6, 6.07) is 0. The van der Waals surface area contributed by atoms with Crippen LogP contribution in [-0.4, -0.2) is 26.4 Å². The summed E-state index contributed by atoms with van der Waals surface area (Å²) in [5, 5.41) is 0. The van der Waals surface area contributed by atoms with Gasteiger partial charge in [0.15, 0.2) is 0 Å². The molecular weight excluding hydrogens is 379 g/mol. The van der Waals surface area contributed by atoms with Crippen LogP contribution >= 0.6 is 17.4 Å². The normalized spacial score (nSPS) is 19.1. The summed E-state index contributed by atoms with van der Waals surface area (Å²) in [4.78, 5) is 0. The summed E-state index contributed by atoms with van der Waals surface area (Å²) in [6.07, 6.45) is 5.11. The van der Waals surface area contributed by atoms with Crippen molar-refractivity contribution in [3.63, 3.8) is 0 Å². The van der Waals surface area contributed by atoms with E-state index in [1.165, 1.54) is 25.7 Å². The van der Waals surface area contributed by atoms with Gasteiger partial charge in [-0.05, 0) is 25.7 Å². The first-order valence-corrected chi connectivity index (χ1v) is 16.8. The summed E-state index contributed by atoms with van der Waals surface area (Å²) in [5.74, 6) is 15.1. The van der Waals surface area contributed by atoms with Gasteiger partial charge in [0, 0.05) is 26.4 Å². The number of hydrogen-bond donors (Lipinski definition) is 0. The Hall–Kier alpha value is 2.14. The number of rotatable bonds is 0. The van der Waals surface area contributed by atoms with E-state index in [9.17, 15) is 0 Å². The molecule has 2 aliphatic rings. The standard InChI is InChI=1S/2C4H8O.3ClH.Nd/c2*1-2-4-5-3-1;;;;/h2*1-4H2;3*1H;/q;;;;;+3/p-3. The molecule has 0 aliphatic carbocycles. The predicted molar refractivity (Wildman–Crippen MR) is 57.7 cm³/mol. The monoisotopic (exact) mass is 391 g/mol. The Morgan fingerprint density at radius 2 is 0.857 bits per heavy atom. The summed E-state index contributed by atoms with van der Waals surface area (Å²) in [7, 11) is 0. The van der Waals surface area contributed by atoms with Gasteiger partial charge < -0.3 is 9.47 Å². The average molecular weight is 395 g/mol. The molecular formula is C8H16Cl3NdO2. The van der Waals surface area contributed by atoms with Crippen LogP contribution in [0.1, 0.15) is 25.7 Å². The van der Waals surface area contributed by atoms with Gasteiger partial charge >= 0.3 is 47.3 Å². The van der Waals surface area contributed by atoms with Gasteiger partial charge in [-0.15, -0.1) is 0 Å². The van der Waals surface area contributed by atoms with Crippen molar-refractivity contribution in [3.8, 4) is 0 Å². The first-order chi connectivity index (χ1) is 6.73. The van der Waals surface area contributed by atoms with Crippen LogP contribution in [0.3, 0.4) is 0 Å². The summed E-state index contributed by atoms with van der Waals surface area (Å²) in [6.45, 7) is 4.00. The fourth-order valence-corrected chi connectivity index (χ4v) is 1.02. The molecule has 0 spiro atoms. The van der Waals surface area contributed by atoms with Crippen molar-refractivity contribution in [1.82, 2.24) is 0 Å². The summed E-state index contributed by atoms with van der Waals surface area (Å²) >= 11 is -2.24. The van der Waals surface area contributed by atoms with Crippen LogP contribution in [-0.2, 0) is 9.47 Å². The molecule has 0 N–H and O–H groups in total. The molecule has 85 valence electrons. The van der Waals surface area contributed by atoms with Gasteiger partial charge in [-0.3, -0.25) is 0 Å². The average Bonchev–Trinajstić information content (AvgIpc) is 2.83. The fraction of sp³-hybridized carbons (Fsp3) is 1.00. The predicted octanol–water partition coefficient (Wildman–Crippen LogP) is 3.66. The van der Waals surface area contributed by atoms with E-state index in [2.05, 4.69) is 0 Å². The molecule has 6 heteroatoms. The topological polar surface area (TPSA) is 18.5 Å². The molecule has 0 atom stereocenters. The maximum absolute atomic E-state index is 5.02. The third-order valence-electron chi connectivity index (χ3n) is 1.65. The minimum absolute atomic E-state index is 1.00. The van der Waals surface area contributed by atoms with Crippen LogP contribution in [0.15, 0.2) is 0 Å². The molecule has 0 aromatic rings. The Labute approximate surface area is 107 Å². The molecule has 0 bridgehead atoms. The molecule has 0 saturated carbocycles. The van der Waals surface area contributed by atoms with Crippen molar-refractivity contribution in [1.29, 1.82) is 0 Å². The van der Waals surface area contributed by atoms with Gasteiger partial charge in [0.2, 0.25) is 0 Å². The van der Waals surface area contributed by atoms with E-state index in [0.717, 1.165) is 26.4 Å². The zero-order valence-corrected chi connectivity index (χ0v) is 13.6. The molecule has 2 fully saturated rings. The first kappa shape index (κ1) is 16.1. The molecule has 0 aromatic carbocycles. The zero-order chi connectivity index (χ0) is 10.6. The van der Waals surface area contributed by atoms with Crippen molar-refractivity contribution in [3.05, 3.63) is 0 Å². The van der Waals surface area contributed by atoms with E-state index in [1.54, 1.807) is 0 Å². The van der Waals surface area contributed by atoms with Crippen molar-refractivity contribution in [2.24, 2.45) is 0 Å². The van der Waals surface area contributed by atoms with Crippen molar-refractivity contribution in [2.45, 2.75) is 25.7 Å². The van der Waals surface area contributed by atoms with Crippen molar-refractivity contribution < 1.29 is 39.4 Å². The Morgan fingerprint density at radius 1 is 0.643 bits per heavy atom. The summed E-state index contributed by atoms with van der Waals surface area (Å²) in [5.41, 5.74) is 0. The van der Waals surface area contributed by atoms with Crippen LogP contribution < -0.4 is 0 Å². The SMILES string of the molecule is C1CCOC1.C1CCOC1.[Cl][Nd]([Cl])[Cl]. The van der Waals surface area contributed by atoms with Gasteiger partial charge in [-0.1, -0.05) is 0 Å². The number of hydrogen-bond acceptors (Lipinski definition) is 2. The van der Waals surface area contributed by atoms with E-state index >= 15 is 0 Å². The Morgan fingerprint density at radius 3 is 0.929 bits per heavy atom. The van der Waals surface area contributed by atoms with Gasteiger partial charge in [-0.2, -0.15) is 0 Å². The molecule has 2 nitrogen and oxygen atoms in total. The zero-order valence-electron chi connectivity index (χ0n) is 8.11. The molecule has 0 unspecified atom stereocenters. The second-order valence-electron chi connectivity index (χ2n) is 2.85. The molecule has 2 rings (SSSR count). The van der Waals surface area contributed by atoms with Crippen LogP contribution in [0.25, 0.3) is 0 Å². The van der Waals surface area contributed by atoms with Crippen molar-refractivity contribution >= 4 is 17.4 Å². The van der Waals surface area contributed by atoms with E-state index in [-0.39, 0.29) is 0 Å². The Balaban J connectivity index is 0.000000183. The minimum atomic E-state index is -2.24. The Bertz CT molecular complexity index is 80.8. The molecule has 2 saturated heterocycles. The van der Waals surface area contributed by atoms with E-state index in [0.29, 0.717) is 0 Å².